The number of rotatable bonds is 4. The highest BCUT2D eigenvalue weighted by Gasteiger charge is 2.57. The number of fused-ring (bicyclic) bond motifs is 3. The van der Waals surface area contributed by atoms with Gasteiger partial charge in [0.1, 0.15) is 6.54 Å². The first-order valence-electron chi connectivity index (χ1n) is 7.62. The van der Waals surface area contributed by atoms with Crippen molar-refractivity contribution in [3.63, 3.8) is 0 Å². The summed E-state index contributed by atoms with van der Waals surface area (Å²) in [6.45, 7) is 2.17. The van der Waals surface area contributed by atoms with Gasteiger partial charge in [0.25, 0.3) is 0 Å². The van der Waals surface area contributed by atoms with Crippen molar-refractivity contribution < 1.29 is 14.3 Å². The molecule has 21 heavy (non-hydrogen) atoms. The van der Waals surface area contributed by atoms with E-state index in [0.717, 1.165) is 12.8 Å². The molecule has 2 aliphatic rings. The largest absolute Gasteiger partial charge is 0.465 e. The van der Waals surface area contributed by atoms with Crippen LogP contribution in [0.5, 0.6) is 0 Å². The summed E-state index contributed by atoms with van der Waals surface area (Å²) in [7, 11) is 1.69. The second-order valence-corrected chi connectivity index (χ2v) is 5.95. The molecule has 1 fully saturated rings. The summed E-state index contributed by atoms with van der Waals surface area (Å²) in [5.41, 5.74) is 2.71. The van der Waals surface area contributed by atoms with Crippen LogP contribution in [-0.2, 0) is 20.7 Å². The fraction of sp³-hybridized carbons (Fsp3) is 0.529. The van der Waals surface area contributed by atoms with Crippen molar-refractivity contribution >= 4 is 11.9 Å². The molecular weight excluding hydrogens is 266 g/mol. The van der Waals surface area contributed by atoms with Gasteiger partial charge in [-0.15, -0.1) is 0 Å². The maximum Gasteiger partial charge on any atom is 0.325 e. The second kappa shape index (κ2) is 5.51. The Kier molecular flexibility index (Phi) is 3.70. The summed E-state index contributed by atoms with van der Waals surface area (Å²) in [5.74, 6) is 0.601. The molecule has 0 radical (unpaired) electrons. The zero-order chi connectivity index (χ0) is 15.0. The zero-order valence-electron chi connectivity index (χ0n) is 12.5. The molecule has 112 valence electrons. The fourth-order valence-corrected chi connectivity index (χ4v) is 3.64. The Bertz CT molecular complexity index is 569. The van der Waals surface area contributed by atoms with Gasteiger partial charge >= 0.3 is 5.97 Å². The molecule has 4 heteroatoms. The van der Waals surface area contributed by atoms with E-state index in [1.54, 1.807) is 14.0 Å². The number of hydrogen-bond acceptors (Lipinski definition) is 3. The van der Waals surface area contributed by atoms with Gasteiger partial charge in [-0.2, -0.15) is 0 Å². The smallest absolute Gasteiger partial charge is 0.325 e. The highest BCUT2D eigenvalue weighted by Crippen LogP contribution is 2.60. The Hall–Kier alpha value is -1.84. The van der Waals surface area contributed by atoms with Crippen LogP contribution in [0.3, 0.4) is 0 Å². The molecule has 1 amide bonds. The molecule has 0 aromatic heterocycles. The van der Waals surface area contributed by atoms with E-state index >= 15 is 0 Å². The summed E-state index contributed by atoms with van der Waals surface area (Å²) in [6, 6.07) is 8.41. The lowest BCUT2D eigenvalue weighted by Crippen LogP contribution is -2.34. The number of amides is 1. The van der Waals surface area contributed by atoms with Crippen LogP contribution >= 0.6 is 0 Å². The number of likely N-dealkylation sites (N-methyl/N-ethyl adjacent to an activating group) is 1. The molecule has 0 bridgehead atoms. The van der Waals surface area contributed by atoms with E-state index < -0.39 is 0 Å². The van der Waals surface area contributed by atoms with Crippen LogP contribution in [0.4, 0.5) is 0 Å². The molecule has 3 unspecified atom stereocenters. The van der Waals surface area contributed by atoms with Gasteiger partial charge in [0.05, 0.1) is 6.61 Å². The van der Waals surface area contributed by atoms with Crippen molar-refractivity contribution in [2.45, 2.75) is 25.7 Å². The van der Waals surface area contributed by atoms with Crippen molar-refractivity contribution in [2.75, 3.05) is 20.2 Å². The maximum absolute atomic E-state index is 12.5. The molecule has 2 aliphatic carbocycles. The Morgan fingerprint density at radius 3 is 2.86 bits per heavy atom. The Labute approximate surface area is 125 Å². The van der Waals surface area contributed by atoms with E-state index in [1.807, 2.05) is 6.07 Å². The van der Waals surface area contributed by atoms with Crippen LogP contribution in [0.25, 0.3) is 0 Å². The van der Waals surface area contributed by atoms with Crippen molar-refractivity contribution in [3.05, 3.63) is 35.4 Å². The number of carbonyl (C=O) groups is 2. The second-order valence-electron chi connectivity index (χ2n) is 5.95. The van der Waals surface area contributed by atoms with Gasteiger partial charge in [0.2, 0.25) is 5.91 Å². The Balaban J connectivity index is 1.67. The predicted molar refractivity (Wildman–Crippen MR) is 78.8 cm³/mol. The number of hydrogen-bond donors (Lipinski definition) is 0. The van der Waals surface area contributed by atoms with Crippen LogP contribution in [0, 0.1) is 11.8 Å². The average molecular weight is 287 g/mol. The minimum absolute atomic E-state index is 0.0459. The van der Waals surface area contributed by atoms with Gasteiger partial charge in [0, 0.05) is 13.0 Å². The first-order valence-corrected chi connectivity index (χ1v) is 7.62. The normalized spacial score (nSPS) is 25.5. The lowest BCUT2D eigenvalue weighted by molar-refractivity contribution is -0.148. The third kappa shape index (κ3) is 2.55. The lowest BCUT2D eigenvalue weighted by atomic mass is 9.92. The standard InChI is InChI=1S/C17H21NO3/c1-3-21-14(19)10-18(2)17(20)16-13-9-8-11-6-4-5-7-12(11)15(13)16/h4-7,13,15-16H,3,8-10H2,1-2H3. The maximum atomic E-state index is 12.5. The fourth-order valence-electron chi connectivity index (χ4n) is 3.64. The zero-order valence-corrected chi connectivity index (χ0v) is 12.5. The SMILES string of the molecule is CCOC(=O)CN(C)C(=O)C1C2CCc3ccccc3C21. The lowest BCUT2D eigenvalue weighted by Gasteiger charge is -2.16. The Morgan fingerprint density at radius 1 is 1.33 bits per heavy atom. The number of esters is 1. The molecule has 0 saturated heterocycles. The predicted octanol–water partition coefficient (Wildman–Crippen LogP) is 1.98. The third-order valence-corrected chi connectivity index (χ3v) is 4.66. The van der Waals surface area contributed by atoms with E-state index in [2.05, 4.69) is 18.2 Å². The highest BCUT2D eigenvalue weighted by atomic mass is 16.5. The van der Waals surface area contributed by atoms with Crippen LogP contribution in [0.1, 0.15) is 30.4 Å². The molecule has 3 rings (SSSR count). The van der Waals surface area contributed by atoms with Gasteiger partial charge in [-0.1, -0.05) is 24.3 Å². The molecule has 1 aromatic rings. The van der Waals surface area contributed by atoms with Crippen LogP contribution in [0.2, 0.25) is 0 Å². The number of benzene rings is 1. The molecule has 0 N–H and O–H groups in total. The summed E-state index contributed by atoms with van der Waals surface area (Å²) in [5, 5.41) is 0. The molecule has 0 spiro atoms. The van der Waals surface area contributed by atoms with Crippen LogP contribution in [-0.4, -0.2) is 37.0 Å². The first-order chi connectivity index (χ1) is 10.1. The molecule has 1 saturated carbocycles. The average Bonchev–Trinajstić information content (AvgIpc) is 3.21. The molecular formula is C17H21NO3. The van der Waals surface area contributed by atoms with Crippen molar-refractivity contribution in [1.29, 1.82) is 0 Å². The molecule has 0 aliphatic heterocycles. The van der Waals surface area contributed by atoms with E-state index in [1.165, 1.54) is 16.0 Å². The van der Waals surface area contributed by atoms with E-state index in [9.17, 15) is 9.59 Å². The molecule has 0 heterocycles. The summed E-state index contributed by atoms with van der Waals surface area (Å²) < 4.78 is 4.90. The van der Waals surface area contributed by atoms with Crippen LogP contribution in [0.15, 0.2) is 24.3 Å². The third-order valence-electron chi connectivity index (χ3n) is 4.66. The number of ether oxygens (including phenoxy) is 1. The number of nitrogens with zero attached hydrogens (tertiary/aromatic N) is 1. The number of aryl methyl sites for hydroxylation is 1. The van der Waals surface area contributed by atoms with Gasteiger partial charge in [-0.05, 0) is 42.7 Å². The highest BCUT2D eigenvalue weighted by molar-refractivity contribution is 5.87. The van der Waals surface area contributed by atoms with Crippen molar-refractivity contribution in [2.24, 2.45) is 11.8 Å². The Morgan fingerprint density at radius 2 is 2.10 bits per heavy atom. The summed E-state index contributed by atoms with van der Waals surface area (Å²) in [4.78, 5) is 25.6. The van der Waals surface area contributed by atoms with Gasteiger partial charge in [-0.25, -0.2) is 0 Å². The molecule has 4 nitrogen and oxygen atoms in total. The van der Waals surface area contributed by atoms with Crippen molar-refractivity contribution in [1.82, 2.24) is 4.90 Å². The summed E-state index contributed by atoms with van der Waals surface area (Å²) in [6.07, 6.45) is 2.13. The monoisotopic (exact) mass is 287 g/mol. The summed E-state index contributed by atoms with van der Waals surface area (Å²) >= 11 is 0. The van der Waals surface area contributed by atoms with E-state index in [-0.39, 0.29) is 24.3 Å². The molecule has 1 aromatic carbocycles. The molecule has 3 atom stereocenters. The first kappa shape index (κ1) is 14.1. The van der Waals surface area contributed by atoms with E-state index in [4.69, 9.17) is 4.74 Å². The topological polar surface area (TPSA) is 46.6 Å². The minimum Gasteiger partial charge on any atom is -0.465 e. The van der Waals surface area contributed by atoms with Gasteiger partial charge in [0.15, 0.2) is 0 Å². The van der Waals surface area contributed by atoms with Crippen LogP contribution < -0.4 is 0 Å². The van der Waals surface area contributed by atoms with Gasteiger partial charge < -0.3 is 9.64 Å². The minimum atomic E-state index is -0.336. The number of carbonyl (C=O) groups excluding carboxylic acids is 2. The van der Waals surface area contributed by atoms with Crippen molar-refractivity contribution in [3.8, 4) is 0 Å². The quantitative estimate of drug-likeness (QED) is 0.796. The van der Waals surface area contributed by atoms with Gasteiger partial charge in [-0.3, -0.25) is 9.59 Å². The van der Waals surface area contributed by atoms with E-state index in [0.29, 0.717) is 18.4 Å².